The Labute approximate surface area is 136 Å². The van der Waals surface area contributed by atoms with E-state index in [1.165, 1.54) is 0 Å². The molecule has 2 unspecified atom stereocenters. The van der Waals surface area contributed by atoms with Gasteiger partial charge in [-0.3, -0.25) is 9.59 Å². The van der Waals surface area contributed by atoms with Gasteiger partial charge in [-0.2, -0.15) is 0 Å². The third-order valence-electron chi connectivity index (χ3n) is 5.02. The highest BCUT2D eigenvalue weighted by molar-refractivity contribution is 5.79. The van der Waals surface area contributed by atoms with Crippen molar-refractivity contribution in [1.29, 1.82) is 0 Å². The molecule has 124 valence electrons. The first-order chi connectivity index (χ1) is 11.1. The standard InChI is InChI=1S/C18H23NO4/c20-17(10-13-6-8-23-9-7-13)19-11-15(16(12-19)18(21)22)14-4-2-1-3-5-14/h1-5,13,15-16H,6-12H2,(H,21,22). The second kappa shape index (κ2) is 7.13. The van der Waals surface area contributed by atoms with E-state index in [-0.39, 0.29) is 11.8 Å². The Morgan fingerprint density at radius 3 is 2.48 bits per heavy atom. The highest BCUT2D eigenvalue weighted by Gasteiger charge is 2.40. The van der Waals surface area contributed by atoms with Crippen molar-refractivity contribution in [2.75, 3.05) is 26.3 Å². The summed E-state index contributed by atoms with van der Waals surface area (Å²) in [5, 5.41) is 9.51. The lowest BCUT2D eigenvalue weighted by Gasteiger charge is -2.24. The van der Waals surface area contributed by atoms with Crippen LogP contribution in [0.5, 0.6) is 0 Å². The van der Waals surface area contributed by atoms with Crippen LogP contribution in [-0.2, 0) is 14.3 Å². The van der Waals surface area contributed by atoms with Gasteiger partial charge in [0.1, 0.15) is 0 Å². The topological polar surface area (TPSA) is 66.8 Å². The molecule has 0 saturated carbocycles. The van der Waals surface area contributed by atoms with Crippen LogP contribution in [0.2, 0.25) is 0 Å². The van der Waals surface area contributed by atoms with Gasteiger partial charge in [0.2, 0.25) is 5.91 Å². The Bertz CT molecular complexity index is 553. The monoisotopic (exact) mass is 317 g/mol. The molecule has 0 aromatic heterocycles. The molecule has 1 N–H and O–H groups in total. The number of hydrogen-bond donors (Lipinski definition) is 1. The molecule has 0 radical (unpaired) electrons. The average Bonchev–Trinajstić information content (AvgIpc) is 3.02. The summed E-state index contributed by atoms with van der Waals surface area (Å²) < 4.78 is 5.33. The predicted molar refractivity (Wildman–Crippen MR) is 85.0 cm³/mol. The summed E-state index contributed by atoms with van der Waals surface area (Å²) in [6.45, 7) is 2.27. The van der Waals surface area contributed by atoms with Gasteiger partial charge in [-0.05, 0) is 24.3 Å². The molecule has 1 aromatic rings. The zero-order valence-electron chi connectivity index (χ0n) is 13.2. The number of aliphatic carboxylic acids is 1. The van der Waals surface area contributed by atoms with Gasteiger partial charge in [-0.1, -0.05) is 30.3 Å². The van der Waals surface area contributed by atoms with Crippen LogP contribution in [0.4, 0.5) is 0 Å². The summed E-state index contributed by atoms with van der Waals surface area (Å²) in [5.41, 5.74) is 1.00. The minimum atomic E-state index is -0.819. The van der Waals surface area contributed by atoms with Crippen LogP contribution < -0.4 is 0 Å². The largest absolute Gasteiger partial charge is 0.481 e. The van der Waals surface area contributed by atoms with Crippen molar-refractivity contribution in [1.82, 2.24) is 4.90 Å². The Balaban J connectivity index is 1.67. The number of benzene rings is 1. The molecule has 2 heterocycles. The highest BCUT2D eigenvalue weighted by atomic mass is 16.5. The molecule has 5 heteroatoms. The summed E-state index contributed by atoms with van der Waals surface area (Å²) in [7, 11) is 0. The van der Waals surface area contributed by atoms with Crippen molar-refractivity contribution in [2.24, 2.45) is 11.8 Å². The maximum Gasteiger partial charge on any atom is 0.308 e. The third kappa shape index (κ3) is 3.72. The number of carboxylic acid groups (broad SMARTS) is 1. The van der Waals surface area contributed by atoms with E-state index in [2.05, 4.69) is 0 Å². The summed E-state index contributed by atoms with van der Waals surface area (Å²) in [6, 6.07) is 9.66. The molecule has 2 aliphatic rings. The van der Waals surface area contributed by atoms with Gasteiger partial charge in [-0.25, -0.2) is 0 Å². The zero-order valence-corrected chi connectivity index (χ0v) is 13.2. The van der Waals surface area contributed by atoms with Gasteiger partial charge >= 0.3 is 5.97 Å². The fourth-order valence-corrected chi connectivity index (χ4v) is 3.62. The molecule has 1 amide bonds. The van der Waals surface area contributed by atoms with Crippen LogP contribution in [0.15, 0.2) is 30.3 Å². The van der Waals surface area contributed by atoms with E-state index < -0.39 is 11.9 Å². The number of nitrogens with zero attached hydrogens (tertiary/aromatic N) is 1. The van der Waals surface area contributed by atoms with Gasteiger partial charge in [0.05, 0.1) is 5.92 Å². The normalized spacial score (nSPS) is 25.5. The summed E-state index contributed by atoms with van der Waals surface area (Å²) in [5.74, 6) is -1.000. The molecule has 0 aliphatic carbocycles. The molecule has 3 rings (SSSR count). The molecule has 2 atom stereocenters. The second-order valence-corrected chi connectivity index (χ2v) is 6.52. The maximum absolute atomic E-state index is 12.6. The minimum Gasteiger partial charge on any atom is -0.481 e. The van der Waals surface area contributed by atoms with Gasteiger partial charge < -0.3 is 14.7 Å². The van der Waals surface area contributed by atoms with E-state index in [0.717, 1.165) is 31.6 Å². The minimum absolute atomic E-state index is 0.0848. The Morgan fingerprint density at radius 1 is 1.13 bits per heavy atom. The molecule has 23 heavy (non-hydrogen) atoms. The second-order valence-electron chi connectivity index (χ2n) is 6.52. The molecular formula is C18H23NO4. The highest BCUT2D eigenvalue weighted by Crippen LogP contribution is 2.34. The first kappa shape index (κ1) is 16.0. The van der Waals surface area contributed by atoms with E-state index in [1.54, 1.807) is 4.90 Å². The number of carbonyl (C=O) groups excluding carboxylic acids is 1. The van der Waals surface area contributed by atoms with Crippen molar-refractivity contribution in [3.63, 3.8) is 0 Å². The van der Waals surface area contributed by atoms with Crippen LogP contribution in [0.1, 0.15) is 30.7 Å². The molecule has 2 aliphatic heterocycles. The Kier molecular flexibility index (Phi) is 4.96. The van der Waals surface area contributed by atoms with Crippen molar-refractivity contribution in [2.45, 2.75) is 25.2 Å². The number of hydrogen-bond acceptors (Lipinski definition) is 3. The quantitative estimate of drug-likeness (QED) is 0.924. The van der Waals surface area contributed by atoms with Crippen molar-refractivity contribution in [3.8, 4) is 0 Å². The molecule has 2 saturated heterocycles. The number of carboxylic acids is 1. The van der Waals surface area contributed by atoms with Crippen molar-refractivity contribution in [3.05, 3.63) is 35.9 Å². The SMILES string of the molecule is O=C(O)C1CN(C(=O)CC2CCOCC2)CC1c1ccccc1. The van der Waals surface area contributed by atoms with Crippen LogP contribution in [-0.4, -0.2) is 48.2 Å². The lowest BCUT2D eigenvalue weighted by molar-refractivity contribution is -0.141. The van der Waals surface area contributed by atoms with E-state index in [1.807, 2.05) is 30.3 Å². The van der Waals surface area contributed by atoms with E-state index in [0.29, 0.717) is 25.4 Å². The summed E-state index contributed by atoms with van der Waals surface area (Å²) in [4.78, 5) is 25.9. The fourth-order valence-electron chi connectivity index (χ4n) is 3.62. The molecule has 0 bridgehead atoms. The maximum atomic E-state index is 12.6. The van der Waals surface area contributed by atoms with E-state index >= 15 is 0 Å². The third-order valence-corrected chi connectivity index (χ3v) is 5.02. The number of rotatable bonds is 4. The molecule has 2 fully saturated rings. The fraction of sp³-hybridized carbons (Fsp3) is 0.556. The van der Waals surface area contributed by atoms with Crippen LogP contribution in [0, 0.1) is 11.8 Å². The Hall–Kier alpha value is -1.88. The van der Waals surface area contributed by atoms with Gasteiger partial charge in [0.25, 0.3) is 0 Å². The molecule has 0 spiro atoms. The molecule has 5 nitrogen and oxygen atoms in total. The van der Waals surface area contributed by atoms with Gasteiger partial charge in [-0.15, -0.1) is 0 Å². The lowest BCUT2D eigenvalue weighted by atomic mass is 9.89. The smallest absolute Gasteiger partial charge is 0.308 e. The van der Waals surface area contributed by atoms with E-state index in [4.69, 9.17) is 4.74 Å². The first-order valence-corrected chi connectivity index (χ1v) is 8.28. The zero-order chi connectivity index (χ0) is 16.2. The lowest BCUT2D eigenvalue weighted by Crippen LogP contribution is -2.32. The van der Waals surface area contributed by atoms with Gasteiger partial charge in [0.15, 0.2) is 0 Å². The number of likely N-dealkylation sites (tertiary alicyclic amines) is 1. The average molecular weight is 317 g/mol. The first-order valence-electron chi connectivity index (χ1n) is 8.28. The van der Waals surface area contributed by atoms with Crippen molar-refractivity contribution < 1.29 is 19.4 Å². The number of carbonyl (C=O) groups is 2. The van der Waals surface area contributed by atoms with Crippen LogP contribution >= 0.6 is 0 Å². The molecule has 1 aromatic carbocycles. The van der Waals surface area contributed by atoms with Gasteiger partial charge in [0, 0.05) is 38.6 Å². The number of amides is 1. The Morgan fingerprint density at radius 2 is 1.83 bits per heavy atom. The van der Waals surface area contributed by atoms with Crippen LogP contribution in [0.3, 0.4) is 0 Å². The predicted octanol–water partition coefficient (Wildman–Crippen LogP) is 2.13. The number of ether oxygens (including phenoxy) is 1. The van der Waals surface area contributed by atoms with Crippen molar-refractivity contribution >= 4 is 11.9 Å². The van der Waals surface area contributed by atoms with E-state index in [9.17, 15) is 14.7 Å². The summed E-state index contributed by atoms with van der Waals surface area (Å²) in [6.07, 6.45) is 2.35. The summed E-state index contributed by atoms with van der Waals surface area (Å²) >= 11 is 0. The molecular weight excluding hydrogens is 294 g/mol. The van der Waals surface area contributed by atoms with Crippen LogP contribution in [0.25, 0.3) is 0 Å².